The largest absolute Gasteiger partial charge is 0.402 e. The Morgan fingerprint density at radius 2 is 1.94 bits per heavy atom. The molecule has 0 aliphatic heterocycles. The van der Waals surface area contributed by atoms with Crippen molar-refractivity contribution >= 4 is 37.6 Å². The summed E-state index contributed by atoms with van der Waals surface area (Å²) in [6, 6.07) is 3.51. The Bertz CT molecular complexity index is 518. The average molecular weight is 353 g/mol. The van der Waals surface area contributed by atoms with Gasteiger partial charge < -0.3 is 0 Å². The van der Waals surface area contributed by atoms with Crippen LogP contribution in [0.15, 0.2) is 27.6 Å². The van der Waals surface area contributed by atoms with Gasteiger partial charge in [-0.25, -0.2) is 13.1 Å². The topological polar surface area (TPSA) is 46.2 Å². The lowest BCUT2D eigenvalue weighted by molar-refractivity contribution is -0.121. The fraction of sp³-hybridized carbons (Fsp3) is 0.250. The molecule has 3 nitrogen and oxygen atoms in total. The maximum absolute atomic E-state index is 11.9. The molecule has 0 saturated heterocycles. The van der Waals surface area contributed by atoms with E-state index in [0.29, 0.717) is 0 Å². The standard InChI is InChI=1S/C8H6BrClF3NO2S/c9-6-3-5(1-2-7(6)10)17(15,16)14-4-8(11,12)13/h1-3,14H,4H2. The number of halogens is 5. The maximum atomic E-state index is 11.9. The molecule has 17 heavy (non-hydrogen) atoms. The summed E-state index contributed by atoms with van der Waals surface area (Å²) < 4.78 is 60.3. The van der Waals surface area contributed by atoms with Crippen molar-refractivity contribution in [3.63, 3.8) is 0 Å². The third-order valence-electron chi connectivity index (χ3n) is 1.66. The van der Waals surface area contributed by atoms with Gasteiger partial charge in [0, 0.05) is 4.47 Å². The van der Waals surface area contributed by atoms with Crippen LogP contribution in [0, 0.1) is 0 Å². The lowest BCUT2D eigenvalue weighted by Crippen LogP contribution is -2.33. The van der Waals surface area contributed by atoms with E-state index in [1.54, 1.807) is 0 Å². The minimum Gasteiger partial charge on any atom is -0.207 e. The maximum Gasteiger partial charge on any atom is 0.402 e. The molecule has 0 radical (unpaired) electrons. The van der Waals surface area contributed by atoms with E-state index in [1.807, 2.05) is 0 Å². The van der Waals surface area contributed by atoms with Crippen molar-refractivity contribution in [3.8, 4) is 0 Å². The molecule has 0 heterocycles. The molecule has 0 saturated carbocycles. The van der Waals surface area contributed by atoms with Crippen LogP contribution >= 0.6 is 27.5 Å². The van der Waals surface area contributed by atoms with Gasteiger partial charge in [0.25, 0.3) is 0 Å². The van der Waals surface area contributed by atoms with Gasteiger partial charge in [0.1, 0.15) is 6.54 Å². The quantitative estimate of drug-likeness (QED) is 0.909. The fourth-order valence-corrected chi connectivity index (χ4v) is 2.59. The van der Waals surface area contributed by atoms with E-state index in [2.05, 4.69) is 15.9 Å². The molecule has 1 N–H and O–H groups in total. The third-order valence-corrected chi connectivity index (χ3v) is 4.28. The van der Waals surface area contributed by atoms with Crippen molar-refractivity contribution in [2.24, 2.45) is 0 Å². The average Bonchev–Trinajstić information content (AvgIpc) is 2.18. The van der Waals surface area contributed by atoms with Crippen LogP contribution in [0.2, 0.25) is 5.02 Å². The van der Waals surface area contributed by atoms with Crippen LogP contribution in [-0.2, 0) is 10.0 Å². The van der Waals surface area contributed by atoms with Gasteiger partial charge in [-0.05, 0) is 34.1 Å². The lowest BCUT2D eigenvalue weighted by Gasteiger charge is -2.09. The molecule has 0 aliphatic carbocycles. The zero-order valence-corrected chi connectivity index (χ0v) is 11.2. The highest BCUT2D eigenvalue weighted by molar-refractivity contribution is 9.10. The number of rotatable bonds is 3. The summed E-state index contributed by atoms with van der Waals surface area (Å²) in [7, 11) is -4.19. The Morgan fingerprint density at radius 3 is 2.41 bits per heavy atom. The molecule has 0 aromatic heterocycles. The van der Waals surface area contributed by atoms with E-state index in [9.17, 15) is 21.6 Å². The number of alkyl halides is 3. The van der Waals surface area contributed by atoms with Crippen molar-refractivity contribution in [2.45, 2.75) is 11.1 Å². The van der Waals surface area contributed by atoms with Crippen LogP contribution in [0.4, 0.5) is 13.2 Å². The zero-order valence-electron chi connectivity index (χ0n) is 8.05. The molecule has 0 fully saturated rings. The van der Waals surface area contributed by atoms with Crippen molar-refractivity contribution in [2.75, 3.05) is 6.54 Å². The van der Waals surface area contributed by atoms with Gasteiger partial charge in [-0.2, -0.15) is 13.2 Å². The van der Waals surface area contributed by atoms with E-state index in [1.165, 1.54) is 10.8 Å². The van der Waals surface area contributed by atoms with E-state index >= 15 is 0 Å². The first-order valence-corrected chi connectivity index (χ1v) is 6.79. The molecule has 1 aromatic rings. The van der Waals surface area contributed by atoms with E-state index < -0.39 is 22.7 Å². The van der Waals surface area contributed by atoms with Gasteiger partial charge in [0.2, 0.25) is 10.0 Å². The Balaban J connectivity index is 2.94. The van der Waals surface area contributed by atoms with Gasteiger partial charge in [0.05, 0.1) is 9.92 Å². The molecule has 96 valence electrons. The molecular weight excluding hydrogens is 347 g/mol. The molecule has 0 bridgehead atoms. The van der Waals surface area contributed by atoms with Crippen LogP contribution in [-0.4, -0.2) is 21.1 Å². The minimum atomic E-state index is -4.60. The Kier molecular flexibility index (Phi) is 4.45. The first-order chi connectivity index (χ1) is 7.62. The molecule has 0 aliphatic rings. The van der Waals surface area contributed by atoms with Crippen molar-refractivity contribution in [1.82, 2.24) is 4.72 Å². The first kappa shape index (κ1) is 14.7. The normalized spacial score (nSPS) is 12.8. The molecular formula is C8H6BrClF3NO2S. The van der Waals surface area contributed by atoms with E-state index in [0.717, 1.165) is 12.1 Å². The Hall–Kier alpha value is -0.310. The molecule has 0 amide bonds. The van der Waals surface area contributed by atoms with Crippen LogP contribution in [0.3, 0.4) is 0 Å². The molecule has 0 unspecified atom stereocenters. The summed E-state index contributed by atoms with van der Waals surface area (Å²) in [4.78, 5) is -0.293. The minimum absolute atomic E-state index is 0.264. The van der Waals surface area contributed by atoms with Crippen molar-refractivity contribution in [3.05, 3.63) is 27.7 Å². The summed E-state index contributed by atoms with van der Waals surface area (Å²) in [5.74, 6) is 0. The number of nitrogens with one attached hydrogen (secondary N) is 1. The summed E-state index contributed by atoms with van der Waals surface area (Å²) in [6.07, 6.45) is -4.60. The predicted octanol–water partition coefficient (Wildman–Crippen LogP) is 2.94. The molecule has 9 heteroatoms. The van der Waals surface area contributed by atoms with Crippen LogP contribution in [0.1, 0.15) is 0 Å². The number of benzene rings is 1. The molecule has 0 spiro atoms. The van der Waals surface area contributed by atoms with E-state index in [-0.39, 0.29) is 14.4 Å². The second-order valence-electron chi connectivity index (χ2n) is 3.02. The number of hydrogen-bond donors (Lipinski definition) is 1. The molecule has 0 atom stereocenters. The van der Waals surface area contributed by atoms with Crippen LogP contribution < -0.4 is 4.72 Å². The number of sulfonamides is 1. The monoisotopic (exact) mass is 351 g/mol. The van der Waals surface area contributed by atoms with Gasteiger partial charge >= 0.3 is 6.18 Å². The van der Waals surface area contributed by atoms with Gasteiger partial charge in [-0.1, -0.05) is 11.6 Å². The highest BCUT2D eigenvalue weighted by Crippen LogP contribution is 2.25. The van der Waals surface area contributed by atoms with E-state index in [4.69, 9.17) is 11.6 Å². The predicted molar refractivity (Wildman–Crippen MR) is 60.4 cm³/mol. The summed E-state index contributed by atoms with van der Waals surface area (Å²) in [6.45, 7) is -1.62. The smallest absolute Gasteiger partial charge is 0.207 e. The first-order valence-electron chi connectivity index (χ1n) is 4.13. The summed E-state index contributed by atoms with van der Waals surface area (Å²) in [5.41, 5.74) is 0. The SMILES string of the molecule is O=S(=O)(NCC(F)(F)F)c1ccc(Cl)c(Br)c1. The van der Waals surface area contributed by atoms with Gasteiger partial charge in [-0.3, -0.25) is 0 Å². The van der Waals surface area contributed by atoms with Crippen LogP contribution in [0.25, 0.3) is 0 Å². The Morgan fingerprint density at radius 1 is 1.35 bits per heavy atom. The summed E-state index contributed by atoms with van der Waals surface area (Å²) >= 11 is 8.62. The number of hydrogen-bond acceptors (Lipinski definition) is 2. The van der Waals surface area contributed by atoms with Gasteiger partial charge in [0.15, 0.2) is 0 Å². The second-order valence-corrected chi connectivity index (χ2v) is 6.04. The molecule has 1 aromatic carbocycles. The highest BCUT2D eigenvalue weighted by atomic mass is 79.9. The highest BCUT2D eigenvalue weighted by Gasteiger charge is 2.30. The second kappa shape index (κ2) is 5.13. The van der Waals surface area contributed by atoms with Crippen LogP contribution in [0.5, 0.6) is 0 Å². The third kappa shape index (κ3) is 4.46. The Labute approximate surface area is 109 Å². The summed E-state index contributed by atoms with van der Waals surface area (Å²) in [5, 5.41) is 0.264. The fourth-order valence-electron chi connectivity index (χ4n) is 0.904. The van der Waals surface area contributed by atoms with Crippen molar-refractivity contribution < 1.29 is 21.6 Å². The lowest BCUT2D eigenvalue weighted by atomic mass is 10.4. The van der Waals surface area contributed by atoms with Gasteiger partial charge in [-0.15, -0.1) is 0 Å². The zero-order chi connectivity index (χ0) is 13.3. The molecule has 1 rings (SSSR count). The van der Waals surface area contributed by atoms with Crippen molar-refractivity contribution in [1.29, 1.82) is 0 Å².